The molecule has 1 heterocycles. The van der Waals surface area contributed by atoms with Crippen LogP contribution >= 0.6 is 0 Å². The van der Waals surface area contributed by atoms with Gasteiger partial charge in [0.05, 0.1) is 11.4 Å². The summed E-state index contributed by atoms with van der Waals surface area (Å²) in [6.07, 6.45) is 1.06. The van der Waals surface area contributed by atoms with E-state index in [0.717, 1.165) is 13.0 Å². The zero-order valence-electron chi connectivity index (χ0n) is 12.0. The van der Waals surface area contributed by atoms with Crippen molar-refractivity contribution in [2.24, 2.45) is 13.0 Å². The second-order valence-corrected chi connectivity index (χ2v) is 4.83. The number of amides is 1. The number of nitrogens with two attached hydrogens (primary N) is 1. The average Bonchev–Trinajstić information content (AvgIpc) is 2.59. The van der Waals surface area contributed by atoms with Crippen molar-refractivity contribution >= 4 is 11.6 Å². The maximum Gasteiger partial charge on any atom is 0.274 e. The van der Waals surface area contributed by atoms with E-state index in [4.69, 9.17) is 5.73 Å². The van der Waals surface area contributed by atoms with Gasteiger partial charge >= 0.3 is 0 Å². The van der Waals surface area contributed by atoms with Crippen LogP contribution in [-0.4, -0.2) is 33.7 Å². The Labute approximate surface area is 109 Å². The minimum absolute atomic E-state index is 0.0293. The number of aryl methyl sites for hydroxylation is 2. The summed E-state index contributed by atoms with van der Waals surface area (Å²) in [4.78, 5) is 14.3. The lowest BCUT2D eigenvalue weighted by Crippen LogP contribution is -2.36. The van der Waals surface area contributed by atoms with Crippen LogP contribution in [0.2, 0.25) is 0 Å². The molecule has 2 N–H and O–H groups in total. The normalized spacial score (nSPS) is 12.5. The number of hydrogen-bond acceptors (Lipinski definition) is 3. The molecule has 1 aromatic heterocycles. The molecule has 1 atom stereocenters. The highest BCUT2D eigenvalue weighted by molar-refractivity contribution is 5.97. The van der Waals surface area contributed by atoms with Crippen molar-refractivity contribution in [2.45, 2.75) is 34.1 Å². The Bertz CT molecular complexity index is 425. The average molecular weight is 252 g/mol. The van der Waals surface area contributed by atoms with Crippen LogP contribution in [0.5, 0.6) is 0 Å². The number of aromatic nitrogens is 2. The van der Waals surface area contributed by atoms with Gasteiger partial charge in [-0.3, -0.25) is 9.48 Å². The van der Waals surface area contributed by atoms with Crippen molar-refractivity contribution in [3.63, 3.8) is 0 Å². The maximum absolute atomic E-state index is 12.5. The van der Waals surface area contributed by atoms with Crippen molar-refractivity contribution in [1.29, 1.82) is 0 Å². The van der Waals surface area contributed by atoms with Gasteiger partial charge in [-0.15, -0.1) is 0 Å². The van der Waals surface area contributed by atoms with E-state index >= 15 is 0 Å². The van der Waals surface area contributed by atoms with E-state index in [9.17, 15) is 4.79 Å². The summed E-state index contributed by atoms with van der Waals surface area (Å²) >= 11 is 0. The SMILES string of the molecule is CCC(C)CN(CC)C(=O)c1c(N)c(C)nn1C. The number of hydrogen-bond donors (Lipinski definition) is 1. The van der Waals surface area contributed by atoms with Crippen LogP contribution in [0, 0.1) is 12.8 Å². The summed E-state index contributed by atoms with van der Waals surface area (Å²) < 4.78 is 1.58. The molecule has 1 aromatic rings. The number of nitrogens with zero attached hydrogens (tertiary/aromatic N) is 3. The van der Waals surface area contributed by atoms with Gasteiger partial charge in [0, 0.05) is 20.1 Å². The van der Waals surface area contributed by atoms with Crippen LogP contribution in [-0.2, 0) is 7.05 Å². The smallest absolute Gasteiger partial charge is 0.274 e. The van der Waals surface area contributed by atoms with Crippen LogP contribution in [0.25, 0.3) is 0 Å². The number of carbonyl (C=O) groups excluding carboxylic acids is 1. The molecule has 1 unspecified atom stereocenters. The van der Waals surface area contributed by atoms with Crippen LogP contribution in [0.3, 0.4) is 0 Å². The highest BCUT2D eigenvalue weighted by atomic mass is 16.2. The van der Waals surface area contributed by atoms with Gasteiger partial charge in [0.2, 0.25) is 0 Å². The fourth-order valence-electron chi connectivity index (χ4n) is 1.94. The molecule has 5 heteroatoms. The summed E-state index contributed by atoms with van der Waals surface area (Å²) in [7, 11) is 1.76. The van der Waals surface area contributed by atoms with E-state index in [1.54, 1.807) is 11.7 Å². The molecule has 0 saturated carbocycles. The summed E-state index contributed by atoms with van der Waals surface area (Å²) in [5.41, 5.74) is 7.63. The second-order valence-electron chi connectivity index (χ2n) is 4.83. The molecule has 18 heavy (non-hydrogen) atoms. The third-order valence-electron chi connectivity index (χ3n) is 3.37. The highest BCUT2D eigenvalue weighted by Gasteiger charge is 2.23. The van der Waals surface area contributed by atoms with Gasteiger partial charge < -0.3 is 10.6 Å². The monoisotopic (exact) mass is 252 g/mol. The molecular weight excluding hydrogens is 228 g/mol. The van der Waals surface area contributed by atoms with Crippen LogP contribution in [0.4, 0.5) is 5.69 Å². The number of anilines is 1. The van der Waals surface area contributed by atoms with Gasteiger partial charge in [-0.05, 0) is 19.8 Å². The molecule has 0 aliphatic rings. The summed E-state index contributed by atoms with van der Waals surface area (Å²) in [6, 6.07) is 0. The lowest BCUT2D eigenvalue weighted by molar-refractivity contribution is 0.0731. The van der Waals surface area contributed by atoms with Crippen molar-refractivity contribution in [3.05, 3.63) is 11.4 Å². The lowest BCUT2D eigenvalue weighted by Gasteiger charge is -2.24. The Morgan fingerprint density at radius 1 is 1.50 bits per heavy atom. The summed E-state index contributed by atoms with van der Waals surface area (Å²) in [5, 5.41) is 4.19. The van der Waals surface area contributed by atoms with E-state index in [-0.39, 0.29) is 5.91 Å². The minimum Gasteiger partial charge on any atom is -0.395 e. The molecule has 1 rings (SSSR count). The van der Waals surface area contributed by atoms with E-state index in [1.807, 2.05) is 18.7 Å². The van der Waals surface area contributed by atoms with Crippen LogP contribution < -0.4 is 5.73 Å². The molecule has 1 amide bonds. The number of rotatable bonds is 5. The van der Waals surface area contributed by atoms with Crippen LogP contribution in [0.1, 0.15) is 43.4 Å². The first-order chi connectivity index (χ1) is 8.42. The molecule has 0 bridgehead atoms. The fraction of sp³-hybridized carbons (Fsp3) is 0.692. The maximum atomic E-state index is 12.5. The third-order valence-corrected chi connectivity index (χ3v) is 3.37. The highest BCUT2D eigenvalue weighted by Crippen LogP contribution is 2.18. The largest absolute Gasteiger partial charge is 0.395 e. The Hall–Kier alpha value is -1.52. The Morgan fingerprint density at radius 3 is 2.50 bits per heavy atom. The molecular formula is C13H24N4O. The van der Waals surface area contributed by atoms with Crippen molar-refractivity contribution < 1.29 is 4.79 Å². The first kappa shape index (κ1) is 14.5. The molecule has 102 valence electrons. The molecule has 0 fully saturated rings. The van der Waals surface area contributed by atoms with Crippen molar-refractivity contribution in [3.8, 4) is 0 Å². The summed E-state index contributed by atoms with van der Waals surface area (Å²) in [5.74, 6) is 0.461. The Kier molecular flexibility index (Phi) is 4.76. The zero-order chi connectivity index (χ0) is 13.9. The van der Waals surface area contributed by atoms with Gasteiger partial charge in [-0.2, -0.15) is 5.10 Å². The Morgan fingerprint density at radius 2 is 2.11 bits per heavy atom. The molecule has 0 saturated heterocycles. The van der Waals surface area contributed by atoms with Gasteiger partial charge in [0.15, 0.2) is 0 Å². The third kappa shape index (κ3) is 2.83. The summed E-state index contributed by atoms with van der Waals surface area (Å²) in [6.45, 7) is 9.53. The number of carbonyl (C=O) groups is 1. The standard InChI is InChI=1S/C13H24N4O/c1-6-9(3)8-17(7-2)13(18)12-11(14)10(4)15-16(12)5/h9H,6-8,14H2,1-5H3. The fourth-order valence-corrected chi connectivity index (χ4v) is 1.94. The number of nitrogen functional groups attached to an aromatic ring is 1. The molecule has 0 spiro atoms. The Balaban J connectivity index is 2.96. The van der Waals surface area contributed by atoms with E-state index in [1.165, 1.54) is 0 Å². The van der Waals surface area contributed by atoms with Crippen LogP contribution in [0.15, 0.2) is 0 Å². The molecule has 0 aromatic carbocycles. The van der Waals surface area contributed by atoms with Crippen molar-refractivity contribution in [1.82, 2.24) is 14.7 Å². The van der Waals surface area contributed by atoms with Gasteiger partial charge in [-0.25, -0.2) is 0 Å². The quantitative estimate of drug-likeness (QED) is 0.869. The molecule has 0 aliphatic carbocycles. The molecule has 0 aliphatic heterocycles. The first-order valence-electron chi connectivity index (χ1n) is 6.50. The molecule has 0 radical (unpaired) electrons. The van der Waals surface area contributed by atoms with Gasteiger partial charge in [0.25, 0.3) is 5.91 Å². The van der Waals surface area contributed by atoms with E-state index in [0.29, 0.717) is 29.5 Å². The minimum atomic E-state index is -0.0293. The first-order valence-corrected chi connectivity index (χ1v) is 6.50. The van der Waals surface area contributed by atoms with Gasteiger partial charge in [-0.1, -0.05) is 20.3 Å². The topological polar surface area (TPSA) is 64.2 Å². The molecule has 5 nitrogen and oxygen atoms in total. The van der Waals surface area contributed by atoms with Gasteiger partial charge in [0.1, 0.15) is 5.69 Å². The second kappa shape index (κ2) is 5.89. The predicted molar refractivity (Wildman–Crippen MR) is 73.4 cm³/mol. The zero-order valence-corrected chi connectivity index (χ0v) is 12.0. The van der Waals surface area contributed by atoms with Crippen molar-refractivity contribution in [2.75, 3.05) is 18.8 Å². The predicted octanol–water partition coefficient (Wildman–Crippen LogP) is 1.82. The van der Waals surface area contributed by atoms with E-state index < -0.39 is 0 Å². The lowest BCUT2D eigenvalue weighted by atomic mass is 10.1. The van der Waals surface area contributed by atoms with E-state index in [2.05, 4.69) is 18.9 Å².